The highest BCUT2D eigenvalue weighted by molar-refractivity contribution is 5.76. The Bertz CT molecular complexity index is 567. The number of nitrogens with zero attached hydrogens (tertiary/aromatic N) is 2. The molecule has 0 amide bonds. The summed E-state index contributed by atoms with van der Waals surface area (Å²) >= 11 is 0. The van der Waals surface area contributed by atoms with Crippen molar-refractivity contribution in [2.75, 3.05) is 6.54 Å². The highest BCUT2D eigenvalue weighted by Gasteiger charge is 2.34. The Morgan fingerprint density at radius 1 is 1.47 bits per heavy atom. The number of benzene rings is 1. The average molecular weight is 233 g/mol. The first-order valence-corrected chi connectivity index (χ1v) is 5.98. The van der Waals surface area contributed by atoms with Gasteiger partial charge in [0, 0.05) is 13.1 Å². The number of aryl methyl sites for hydroxylation is 1. The normalized spacial score (nSPS) is 24.6. The average Bonchev–Trinajstić information content (AvgIpc) is 2.85. The van der Waals surface area contributed by atoms with Crippen molar-refractivity contribution in [3.05, 3.63) is 29.8 Å². The van der Waals surface area contributed by atoms with Crippen LogP contribution in [-0.2, 0) is 12.6 Å². The summed E-state index contributed by atoms with van der Waals surface area (Å²) < 4.78 is 15.2. The number of fused-ring (bicyclic) bond motifs is 1. The van der Waals surface area contributed by atoms with E-state index in [9.17, 15) is 4.39 Å². The van der Waals surface area contributed by atoms with Gasteiger partial charge in [0.1, 0.15) is 11.6 Å². The molecule has 90 valence electrons. The van der Waals surface area contributed by atoms with Gasteiger partial charge < -0.3 is 9.88 Å². The summed E-state index contributed by atoms with van der Waals surface area (Å²) in [4.78, 5) is 4.59. The summed E-state index contributed by atoms with van der Waals surface area (Å²) in [5.74, 6) is 0.766. The lowest BCUT2D eigenvalue weighted by Crippen LogP contribution is -2.35. The first-order valence-electron chi connectivity index (χ1n) is 5.98. The molecule has 3 rings (SSSR count). The fraction of sp³-hybridized carbons (Fsp3) is 0.462. The van der Waals surface area contributed by atoms with Gasteiger partial charge in [0.25, 0.3) is 0 Å². The van der Waals surface area contributed by atoms with Crippen LogP contribution in [0.3, 0.4) is 0 Å². The maximum atomic E-state index is 13.2. The van der Waals surface area contributed by atoms with Crippen molar-refractivity contribution < 1.29 is 4.39 Å². The van der Waals surface area contributed by atoms with E-state index < -0.39 is 0 Å². The fourth-order valence-electron chi connectivity index (χ4n) is 2.75. The predicted octanol–water partition coefficient (Wildman–Crippen LogP) is 2.31. The van der Waals surface area contributed by atoms with E-state index in [-0.39, 0.29) is 11.4 Å². The molecule has 1 unspecified atom stereocenters. The zero-order valence-corrected chi connectivity index (χ0v) is 10.1. The molecule has 3 nitrogen and oxygen atoms in total. The molecule has 0 saturated carbocycles. The Hall–Kier alpha value is -1.42. The summed E-state index contributed by atoms with van der Waals surface area (Å²) in [5, 5.41) is 3.49. The molecule has 1 saturated heterocycles. The largest absolute Gasteiger partial charge is 0.330 e. The number of nitrogens with one attached hydrogen (secondary N) is 1. The second kappa shape index (κ2) is 3.53. The van der Waals surface area contributed by atoms with Crippen LogP contribution in [0, 0.1) is 5.82 Å². The van der Waals surface area contributed by atoms with Crippen LogP contribution in [0.4, 0.5) is 4.39 Å². The number of imidazole rings is 1. The second-order valence-electron chi connectivity index (χ2n) is 4.99. The van der Waals surface area contributed by atoms with Crippen LogP contribution in [0.5, 0.6) is 0 Å². The first-order chi connectivity index (χ1) is 8.10. The summed E-state index contributed by atoms with van der Waals surface area (Å²) in [5.41, 5.74) is 1.64. The van der Waals surface area contributed by atoms with E-state index >= 15 is 0 Å². The van der Waals surface area contributed by atoms with Crippen molar-refractivity contribution in [2.45, 2.75) is 25.3 Å². The van der Waals surface area contributed by atoms with Crippen LogP contribution < -0.4 is 5.32 Å². The summed E-state index contributed by atoms with van der Waals surface area (Å²) in [6.45, 7) is 3.19. The Morgan fingerprint density at radius 2 is 2.29 bits per heavy atom. The van der Waals surface area contributed by atoms with Crippen molar-refractivity contribution in [3.63, 3.8) is 0 Å². The molecule has 1 fully saturated rings. The van der Waals surface area contributed by atoms with Gasteiger partial charge in [-0.1, -0.05) is 0 Å². The fourth-order valence-corrected chi connectivity index (χ4v) is 2.75. The Kier molecular flexibility index (Phi) is 2.23. The number of aromatic nitrogens is 2. The van der Waals surface area contributed by atoms with Gasteiger partial charge in [-0.05, 0) is 38.4 Å². The molecule has 2 aromatic rings. The van der Waals surface area contributed by atoms with Crippen molar-refractivity contribution in [3.8, 4) is 0 Å². The van der Waals surface area contributed by atoms with E-state index in [0.717, 1.165) is 36.2 Å². The lowest BCUT2D eigenvalue weighted by molar-refractivity contribution is 0.397. The molecule has 1 aromatic heterocycles. The molecular formula is C13H16FN3. The van der Waals surface area contributed by atoms with Crippen molar-refractivity contribution in [1.29, 1.82) is 0 Å². The molecule has 0 bridgehead atoms. The third-order valence-electron chi connectivity index (χ3n) is 3.71. The molecule has 1 N–H and O–H groups in total. The van der Waals surface area contributed by atoms with Gasteiger partial charge >= 0.3 is 0 Å². The zero-order valence-electron chi connectivity index (χ0n) is 10.1. The van der Waals surface area contributed by atoms with Gasteiger partial charge in [0.05, 0.1) is 16.6 Å². The molecule has 2 heterocycles. The van der Waals surface area contributed by atoms with Gasteiger partial charge in [-0.2, -0.15) is 0 Å². The van der Waals surface area contributed by atoms with Gasteiger partial charge in [-0.25, -0.2) is 9.37 Å². The third kappa shape index (κ3) is 1.55. The van der Waals surface area contributed by atoms with E-state index in [1.165, 1.54) is 12.1 Å². The molecule has 0 radical (unpaired) electrons. The second-order valence-corrected chi connectivity index (χ2v) is 4.99. The lowest BCUT2D eigenvalue weighted by Gasteiger charge is -2.23. The molecular weight excluding hydrogens is 217 g/mol. The van der Waals surface area contributed by atoms with Crippen LogP contribution in [0.1, 0.15) is 25.6 Å². The maximum absolute atomic E-state index is 13.2. The van der Waals surface area contributed by atoms with Gasteiger partial charge in [0.15, 0.2) is 0 Å². The standard InChI is InChI=1S/C13H16FN3/c1-13(6-3-7-15-13)12-16-10-8-9(14)4-5-11(10)17(12)2/h4-5,8,15H,3,6-7H2,1-2H3. The minimum atomic E-state index is -0.230. The Morgan fingerprint density at radius 3 is 3.00 bits per heavy atom. The van der Waals surface area contributed by atoms with E-state index in [4.69, 9.17) is 0 Å². The van der Waals surface area contributed by atoms with E-state index in [1.807, 2.05) is 7.05 Å². The Balaban J connectivity index is 2.20. The lowest BCUT2D eigenvalue weighted by atomic mass is 9.99. The van der Waals surface area contributed by atoms with Crippen LogP contribution in [0.15, 0.2) is 18.2 Å². The van der Waals surface area contributed by atoms with Crippen molar-refractivity contribution in [2.24, 2.45) is 7.05 Å². The van der Waals surface area contributed by atoms with E-state index in [1.54, 1.807) is 6.07 Å². The summed E-state index contributed by atoms with van der Waals surface area (Å²) in [7, 11) is 1.99. The van der Waals surface area contributed by atoms with Crippen molar-refractivity contribution in [1.82, 2.24) is 14.9 Å². The topological polar surface area (TPSA) is 29.9 Å². The molecule has 0 aliphatic carbocycles. The molecule has 1 aliphatic heterocycles. The van der Waals surface area contributed by atoms with Crippen LogP contribution >= 0.6 is 0 Å². The maximum Gasteiger partial charge on any atom is 0.129 e. The quantitative estimate of drug-likeness (QED) is 0.819. The van der Waals surface area contributed by atoms with Crippen LogP contribution in [0.2, 0.25) is 0 Å². The molecule has 0 spiro atoms. The van der Waals surface area contributed by atoms with Crippen LogP contribution in [-0.4, -0.2) is 16.1 Å². The zero-order chi connectivity index (χ0) is 12.0. The van der Waals surface area contributed by atoms with E-state index in [2.05, 4.69) is 21.8 Å². The number of rotatable bonds is 1. The molecule has 1 atom stereocenters. The van der Waals surface area contributed by atoms with Gasteiger partial charge in [-0.15, -0.1) is 0 Å². The van der Waals surface area contributed by atoms with E-state index in [0.29, 0.717) is 0 Å². The highest BCUT2D eigenvalue weighted by atomic mass is 19.1. The first kappa shape index (κ1) is 10.7. The SMILES string of the molecule is Cn1c(C2(C)CCCN2)nc2cc(F)ccc21. The monoisotopic (exact) mass is 233 g/mol. The highest BCUT2D eigenvalue weighted by Crippen LogP contribution is 2.31. The van der Waals surface area contributed by atoms with Crippen molar-refractivity contribution >= 4 is 11.0 Å². The molecule has 1 aliphatic rings. The minimum absolute atomic E-state index is 0.0791. The van der Waals surface area contributed by atoms with Gasteiger partial charge in [0.2, 0.25) is 0 Å². The summed E-state index contributed by atoms with van der Waals surface area (Å²) in [6, 6.07) is 4.77. The smallest absolute Gasteiger partial charge is 0.129 e. The Labute approximate surface area is 99.7 Å². The molecule has 4 heteroatoms. The molecule has 17 heavy (non-hydrogen) atoms. The minimum Gasteiger partial charge on any atom is -0.330 e. The van der Waals surface area contributed by atoms with Crippen LogP contribution in [0.25, 0.3) is 11.0 Å². The number of hydrogen-bond donors (Lipinski definition) is 1. The number of hydrogen-bond acceptors (Lipinski definition) is 2. The van der Waals surface area contributed by atoms with Gasteiger partial charge in [-0.3, -0.25) is 0 Å². The third-order valence-corrected chi connectivity index (χ3v) is 3.71. The molecule has 1 aromatic carbocycles. The predicted molar refractivity (Wildman–Crippen MR) is 65.3 cm³/mol. The summed E-state index contributed by atoms with van der Waals surface area (Å²) in [6.07, 6.45) is 2.24. The number of halogens is 1.